The Hall–Kier alpha value is -2.91. The summed E-state index contributed by atoms with van der Waals surface area (Å²) in [7, 11) is 2.96. The van der Waals surface area contributed by atoms with Crippen LogP contribution >= 0.6 is 0 Å². The van der Waals surface area contributed by atoms with Crippen LogP contribution in [0.15, 0.2) is 24.3 Å². The highest BCUT2D eigenvalue weighted by Crippen LogP contribution is 2.47. The molecule has 1 aliphatic carbocycles. The van der Waals surface area contributed by atoms with Gasteiger partial charge in [0.05, 0.1) is 14.2 Å². The largest absolute Gasteiger partial charge is 0.493 e. The van der Waals surface area contributed by atoms with Crippen LogP contribution in [0.3, 0.4) is 0 Å². The number of halogens is 3. The Bertz CT molecular complexity index is 944. The molecule has 7 nitrogen and oxygen atoms in total. The predicted molar refractivity (Wildman–Crippen MR) is 104 cm³/mol. The van der Waals surface area contributed by atoms with Gasteiger partial charge in [-0.1, -0.05) is 12.8 Å². The van der Waals surface area contributed by atoms with Crippen molar-refractivity contribution in [3.63, 3.8) is 0 Å². The van der Waals surface area contributed by atoms with Crippen LogP contribution < -0.4 is 20.1 Å². The number of nitrogens with one attached hydrogen (secondary N) is 2. The van der Waals surface area contributed by atoms with E-state index < -0.39 is 24.0 Å². The van der Waals surface area contributed by atoms with Crippen molar-refractivity contribution in [2.75, 3.05) is 24.9 Å². The second-order valence-corrected chi connectivity index (χ2v) is 7.57. The van der Waals surface area contributed by atoms with E-state index in [0.29, 0.717) is 30.0 Å². The number of carbonyl (C=O) groups excluding carboxylic acids is 1. The summed E-state index contributed by atoms with van der Waals surface area (Å²) in [6, 6.07) is 4.18. The summed E-state index contributed by atoms with van der Waals surface area (Å²) in [5.41, 5.74) is 0.331. The zero-order chi connectivity index (χ0) is 21.5. The minimum atomic E-state index is -4.44. The number of carbonyl (C=O) groups is 1. The van der Waals surface area contributed by atoms with E-state index in [-0.39, 0.29) is 17.6 Å². The van der Waals surface area contributed by atoms with Crippen LogP contribution in [0, 0.1) is 5.92 Å². The molecule has 3 atom stereocenters. The van der Waals surface area contributed by atoms with E-state index in [0.717, 1.165) is 17.5 Å². The standard InChI is InChI=1S/C20H23F3N4O3/c1-29-15-8-7-11(9-16(15)30-2)24-19(28)14-10-17-25-13-6-4-3-5-12(13)18(20(21,22)23)27(17)26-14/h7-10,12-13,18,25H,3-6H2,1-2H3,(H,24,28)/t12-,13+,18-/m0/s1. The number of rotatable bonds is 4. The van der Waals surface area contributed by atoms with Gasteiger partial charge in [-0.05, 0) is 25.0 Å². The summed E-state index contributed by atoms with van der Waals surface area (Å²) in [4.78, 5) is 12.7. The fourth-order valence-corrected chi connectivity index (χ4v) is 4.40. The SMILES string of the molecule is COc1ccc(NC(=O)c2cc3n(n2)[C@H](C(F)(F)F)[C@H]2CCCC[C@H]2N3)cc1OC. The minimum absolute atomic E-state index is 0.0832. The number of hydrogen-bond donors (Lipinski definition) is 2. The Balaban J connectivity index is 1.61. The van der Waals surface area contributed by atoms with Crippen molar-refractivity contribution in [3.05, 3.63) is 30.0 Å². The zero-order valence-corrected chi connectivity index (χ0v) is 16.6. The van der Waals surface area contributed by atoms with Crippen molar-refractivity contribution >= 4 is 17.4 Å². The number of alkyl halides is 3. The third-order valence-electron chi connectivity index (χ3n) is 5.77. The molecule has 162 valence electrons. The Morgan fingerprint density at radius 2 is 1.90 bits per heavy atom. The van der Waals surface area contributed by atoms with Crippen molar-refractivity contribution in [2.24, 2.45) is 5.92 Å². The Labute approximate surface area is 171 Å². The highest BCUT2D eigenvalue weighted by molar-refractivity contribution is 6.03. The summed E-state index contributed by atoms with van der Waals surface area (Å²) in [5, 5.41) is 9.84. The molecule has 1 fully saturated rings. The van der Waals surface area contributed by atoms with E-state index in [1.807, 2.05) is 0 Å². The normalized spacial score (nSPS) is 23.0. The number of hydrogen-bond acceptors (Lipinski definition) is 5. The maximum Gasteiger partial charge on any atom is 0.411 e. The molecule has 2 aromatic rings. The van der Waals surface area contributed by atoms with E-state index in [9.17, 15) is 18.0 Å². The smallest absolute Gasteiger partial charge is 0.411 e. The average Bonchev–Trinajstić information content (AvgIpc) is 3.14. The van der Waals surface area contributed by atoms with E-state index >= 15 is 0 Å². The van der Waals surface area contributed by atoms with Gasteiger partial charge in [0.25, 0.3) is 5.91 Å². The number of nitrogens with zero attached hydrogens (tertiary/aromatic N) is 2. The van der Waals surface area contributed by atoms with E-state index in [4.69, 9.17) is 9.47 Å². The van der Waals surface area contributed by atoms with Crippen molar-refractivity contribution in [2.45, 2.75) is 43.9 Å². The molecule has 10 heteroatoms. The maximum atomic E-state index is 13.9. The van der Waals surface area contributed by atoms with Crippen LogP contribution in [-0.2, 0) is 0 Å². The Morgan fingerprint density at radius 1 is 1.17 bits per heavy atom. The number of amides is 1. The molecule has 1 saturated carbocycles. The number of methoxy groups -OCH3 is 2. The first-order valence-electron chi connectivity index (χ1n) is 9.78. The molecule has 2 N–H and O–H groups in total. The van der Waals surface area contributed by atoms with Crippen molar-refractivity contribution in [3.8, 4) is 11.5 Å². The molecule has 1 aliphatic heterocycles. The monoisotopic (exact) mass is 424 g/mol. The van der Waals surface area contributed by atoms with Crippen LogP contribution in [-0.4, -0.2) is 42.1 Å². The Kier molecular flexibility index (Phi) is 5.25. The molecule has 0 spiro atoms. The fourth-order valence-electron chi connectivity index (χ4n) is 4.40. The van der Waals surface area contributed by atoms with Crippen LogP contribution in [0.1, 0.15) is 42.2 Å². The Morgan fingerprint density at radius 3 is 2.60 bits per heavy atom. The zero-order valence-electron chi connectivity index (χ0n) is 16.6. The van der Waals surface area contributed by atoms with Gasteiger partial charge in [0, 0.05) is 29.8 Å². The van der Waals surface area contributed by atoms with Crippen LogP contribution in [0.5, 0.6) is 11.5 Å². The molecule has 0 radical (unpaired) electrons. The third kappa shape index (κ3) is 3.66. The average molecular weight is 424 g/mol. The molecule has 1 amide bonds. The van der Waals surface area contributed by atoms with Gasteiger partial charge in [0.1, 0.15) is 5.82 Å². The molecule has 1 aromatic carbocycles. The summed E-state index contributed by atoms with van der Waals surface area (Å²) in [5.74, 6) is -0.0595. The maximum absolute atomic E-state index is 13.9. The first kappa shape index (κ1) is 20.4. The van der Waals surface area contributed by atoms with Gasteiger partial charge in [-0.2, -0.15) is 18.3 Å². The lowest BCUT2D eigenvalue weighted by Crippen LogP contribution is -2.48. The van der Waals surface area contributed by atoms with Gasteiger partial charge < -0.3 is 20.1 Å². The first-order valence-corrected chi connectivity index (χ1v) is 9.78. The number of aromatic nitrogens is 2. The topological polar surface area (TPSA) is 77.4 Å². The fraction of sp³-hybridized carbons (Fsp3) is 0.500. The summed E-state index contributed by atoms with van der Waals surface area (Å²) < 4.78 is 53.0. The molecule has 0 bridgehead atoms. The van der Waals surface area contributed by atoms with Crippen molar-refractivity contribution in [1.29, 1.82) is 0 Å². The van der Waals surface area contributed by atoms with E-state index in [1.165, 1.54) is 20.3 Å². The second-order valence-electron chi connectivity index (χ2n) is 7.57. The van der Waals surface area contributed by atoms with Crippen molar-refractivity contribution in [1.82, 2.24) is 9.78 Å². The molecule has 4 rings (SSSR count). The summed E-state index contributed by atoms with van der Waals surface area (Å²) in [6.45, 7) is 0. The minimum Gasteiger partial charge on any atom is -0.493 e. The molecule has 0 saturated heterocycles. The molecular formula is C20H23F3N4O3. The van der Waals surface area contributed by atoms with Gasteiger partial charge >= 0.3 is 6.18 Å². The number of ether oxygens (including phenoxy) is 2. The van der Waals surface area contributed by atoms with Gasteiger partial charge in [0.15, 0.2) is 23.2 Å². The van der Waals surface area contributed by atoms with Crippen LogP contribution in [0.4, 0.5) is 24.7 Å². The highest BCUT2D eigenvalue weighted by atomic mass is 19.4. The lowest BCUT2D eigenvalue weighted by atomic mass is 9.78. The molecule has 1 aromatic heterocycles. The highest BCUT2D eigenvalue weighted by Gasteiger charge is 2.52. The quantitative estimate of drug-likeness (QED) is 0.768. The lowest BCUT2D eigenvalue weighted by molar-refractivity contribution is -0.189. The molecule has 2 aliphatic rings. The van der Waals surface area contributed by atoms with Crippen molar-refractivity contribution < 1.29 is 27.4 Å². The van der Waals surface area contributed by atoms with Gasteiger partial charge in [-0.15, -0.1) is 0 Å². The molecule has 0 unspecified atom stereocenters. The van der Waals surface area contributed by atoms with Crippen LogP contribution in [0.25, 0.3) is 0 Å². The lowest BCUT2D eigenvalue weighted by Gasteiger charge is -2.43. The number of benzene rings is 1. The molecule has 2 heterocycles. The molecular weight excluding hydrogens is 401 g/mol. The van der Waals surface area contributed by atoms with E-state index in [2.05, 4.69) is 15.7 Å². The van der Waals surface area contributed by atoms with E-state index in [1.54, 1.807) is 18.2 Å². The second kappa shape index (κ2) is 7.73. The predicted octanol–water partition coefficient (Wildman–Crippen LogP) is 4.24. The van der Waals surface area contributed by atoms with Gasteiger partial charge in [-0.3, -0.25) is 4.79 Å². The van der Waals surface area contributed by atoms with Gasteiger partial charge in [0.2, 0.25) is 0 Å². The van der Waals surface area contributed by atoms with Crippen LogP contribution in [0.2, 0.25) is 0 Å². The first-order chi connectivity index (χ1) is 14.3. The third-order valence-corrected chi connectivity index (χ3v) is 5.77. The summed E-state index contributed by atoms with van der Waals surface area (Å²) >= 11 is 0. The molecule has 30 heavy (non-hydrogen) atoms. The number of anilines is 2. The number of fused-ring (bicyclic) bond motifs is 2. The van der Waals surface area contributed by atoms with Gasteiger partial charge in [-0.25, -0.2) is 4.68 Å². The summed E-state index contributed by atoms with van der Waals surface area (Å²) in [6.07, 6.45) is -1.64.